The molecule has 1 N–H and O–H groups in total. The van der Waals surface area contributed by atoms with E-state index < -0.39 is 9.84 Å². The van der Waals surface area contributed by atoms with Crippen LogP contribution in [0.25, 0.3) is 6.08 Å². The minimum absolute atomic E-state index is 0.0269. The molecule has 0 radical (unpaired) electrons. The van der Waals surface area contributed by atoms with Gasteiger partial charge in [0.05, 0.1) is 5.75 Å². The van der Waals surface area contributed by atoms with Gasteiger partial charge in [0, 0.05) is 11.1 Å². The maximum absolute atomic E-state index is 12.6. The molecule has 0 heterocycles. The van der Waals surface area contributed by atoms with E-state index in [1.165, 1.54) is 6.08 Å². The van der Waals surface area contributed by atoms with Gasteiger partial charge in [-0.1, -0.05) is 55.4 Å². The molecule has 0 saturated heterocycles. The number of allylic oxidation sites excluding steroid dienone is 1. The largest absolute Gasteiger partial charge is 0.507 e. The lowest BCUT2D eigenvalue weighted by Gasteiger charge is -2.28. The Morgan fingerprint density at radius 3 is 1.93 bits per heavy atom. The molecule has 0 amide bonds. The van der Waals surface area contributed by atoms with E-state index in [1.54, 1.807) is 12.1 Å². The molecule has 0 atom stereocenters. The quantitative estimate of drug-likeness (QED) is 0.616. The fourth-order valence-electron chi connectivity index (χ4n) is 3.02. The van der Waals surface area contributed by atoms with Gasteiger partial charge < -0.3 is 5.11 Å². The third kappa shape index (κ3) is 6.38. The molecular formula is C23H35NO3S. The number of phenolic OH excluding ortho intramolecular Hbond substituents is 1. The molecule has 1 rings (SSSR count). The first-order chi connectivity index (χ1) is 12.6. The Balaban J connectivity index is 3.51. The molecule has 0 bridgehead atoms. The Bertz CT molecular complexity index is 839. The number of sulfone groups is 1. The second-order valence-electron chi connectivity index (χ2n) is 9.94. The molecule has 0 aliphatic heterocycles. The molecule has 0 saturated carbocycles. The minimum atomic E-state index is -3.64. The molecule has 28 heavy (non-hydrogen) atoms. The summed E-state index contributed by atoms with van der Waals surface area (Å²) in [7, 11) is -3.64. The molecule has 1 aromatic carbocycles. The van der Waals surface area contributed by atoms with E-state index in [4.69, 9.17) is 0 Å². The highest BCUT2D eigenvalue weighted by molar-refractivity contribution is 7.95. The lowest BCUT2D eigenvalue weighted by Crippen LogP contribution is -2.17. The predicted molar refractivity (Wildman–Crippen MR) is 117 cm³/mol. The molecule has 156 valence electrons. The highest BCUT2D eigenvalue weighted by Crippen LogP contribution is 2.40. The van der Waals surface area contributed by atoms with E-state index in [2.05, 4.69) is 0 Å². The summed E-state index contributed by atoms with van der Waals surface area (Å²) in [5.41, 5.74) is 1.45. The molecule has 1 aromatic rings. The van der Waals surface area contributed by atoms with E-state index in [1.807, 2.05) is 61.5 Å². The lowest BCUT2D eigenvalue weighted by atomic mass is 9.78. The van der Waals surface area contributed by atoms with Crippen LogP contribution in [-0.4, -0.2) is 19.3 Å². The van der Waals surface area contributed by atoms with Crippen LogP contribution in [0.5, 0.6) is 5.75 Å². The Morgan fingerprint density at radius 1 is 1.11 bits per heavy atom. The van der Waals surface area contributed by atoms with Gasteiger partial charge in [-0.2, -0.15) is 5.26 Å². The normalized spacial score (nSPS) is 13.6. The molecule has 4 nitrogen and oxygen atoms in total. The zero-order valence-corrected chi connectivity index (χ0v) is 19.4. The lowest BCUT2D eigenvalue weighted by molar-refractivity contribution is 0.423. The first-order valence-corrected chi connectivity index (χ1v) is 11.5. The van der Waals surface area contributed by atoms with Crippen LogP contribution in [0.1, 0.15) is 84.9 Å². The van der Waals surface area contributed by atoms with Crippen LogP contribution in [0.3, 0.4) is 0 Å². The third-order valence-corrected chi connectivity index (χ3v) is 6.39. The topological polar surface area (TPSA) is 78.2 Å². The average molecular weight is 406 g/mol. The van der Waals surface area contributed by atoms with E-state index in [0.717, 1.165) is 17.5 Å². The Hall–Kier alpha value is -1.80. The highest BCUT2D eigenvalue weighted by Gasteiger charge is 2.27. The Labute approximate surface area is 171 Å². The summed E-state index contributed by atoms with van der Waals surface area (Å²) in [6, 6.07) is 5.44. The number of hydrogen-bond acceptors (Lipinski definition) is 4. The average Bonchev–Trinajstić information content (AvgIpc) is 2.50. The third-order valence-electron chi connectivity index (χ3n) is 4.69. The van der Waals surface area contributed by atoms with E-state index in [9.17, 15) is 18.8 Å². The summed E-state index contributed by atoms with van der Waals surface area (Å²) in [5.74, 6) is 0.627. The monoisotopic (exact) mass is 405 g/mol. The summed E-state index contributed by atoms with van der Waals surface area (Å²) in [6.45, 7) is 16.1. The number of benzene rings is 1. The van der Waals surface area contributed by atoms with Crippen molar-refractivity contribution in [1.29, 1.82) is 5.26 Å². The molecule has 0 aliphatic rings. The van der Waals surface area contributed by atoms with Crippen molar-refractivity contribution in [3.05, 3.63) is 33.7 Å². The fraction of sp³-hybridized carbons (Fsp3) is 0.609. The van der Waals surface area contributed by atoms with Crippen molar-refractivity contribution in [2.45, 2.75) is 79.1 Å². The summed E-state index contributed by atoms with van der Waals surface area (Å²) < 4.78 is 25.3. The maximum atomic E-state index is 12.6. The van der Waals surface area contributed by atoms with E-state index >= 15 is 0 Å². The van der Waals surface area contributed by atoms with Crippen LogP contribution in [0.4, 0.5) is 0 Å². The van der Waals surface area contributed by atoms with Crippen molar-refractivity contribution in [3.8, 4) is 11.8 Å². The predicted octanol–water partition coefficient (Wildman–Crippen LogP) is 5.70. The van der Waals surface area contributed by atoms with E-state index in [-0.39, 0.29) is 27.2 Å². The van der Waals surface area contributed by atoms with Crippen molar-refractivity contribution in [2.75, 3.05) is 5.75 Å². The second kappa shape index (κ2) is 8.69. The molecular weight excluding hydrogens is 370 g/mol. The fourth-order valence-corrected chi connectivity index (χ4v) is 4.24. The van der Waals surface area contributed by atoms with Gasteiger partial charge in [-0.05, 0) is 53.4 Å². The van der Waals surface area contributed by atoms with Gasteiger partial charge in [-0.3, -0.25) is 0 Å². The number of phenols is 1. The van der Waals surface area contributed by atoms with Gasteiger partial charge in [0.15, 0.2) is 9.84 Å². The summed E-state index contributed by atoms with van der Waals surface area (Å²) in [4.78, 5) is -0.221. The molecule has 5 heteroatoms. The number of nitriles is 1. The van der Waals surface area contributed by atoms with Crippen LogP contribution in [0.2, 0.25) is 0 Å². The van der Waals surface area contributed by atoms with Crippen molar-refractivity contribution in [1.82, 2.24) is 0 Å². The molecule has 0 aliphatic carbocycles. The van der Waals surface area contributed by atoms with Crippen molar-refractivity contribution in [3.63, 3.8) is 0 Å². The number of aromatic hydroxyl groups is 1. The van der Waals surface area contributed by atoms with Crippen molar-refractivity contribution in [2.24, 2.45) is 5.92 Å². The molecule has 0 spiro atoms. The standard InChI is InChI=1S/C23H35NO3S/c1-16(2)10-9-11-28(26,27)18(15-24)12-17-13-19(22(3,4)5)21(25)20(14-17)23(6,7)8/h12-14,16,25H,9-11H2,1-8H3. The van der Waals surface area contributed by atoms with Crippen molar-refractivity contribution >= 4 is 15.9 Å². The summed E-state index contributed by atoms with van der Waals surface area (Å²) >= 11 is 0. The SMILES string of the molecule is CC(C)CCCS(=O)(=O)C(C#N)=Cc1cc(C(C)(C)C)c(O)c(C(C)(C)C)c1. The number of hydrogen-bond donors (Lipinski definition) is 1. The second-order valence-corrected chi connectivity index (χ2v) is 12.0. The van der Waals surface area contributed by atoms with Gasteiger partial charge in [0.1, 0.15) is 16.7 Å². The first-order valence-electron chi connectivity index (χ1n) is 9.82. The minimum Gasteiger partial charge on any atom is -0.507 e. The zero-order chi connectivity index (χ0) is 21.9. The van der Waals surface area contributed by atoms with Crippen LogP contribution >= 0.6 is 0 Å². The smallest absolute Gasteiger partial charge is 0.188 e. The highest BCUT2D eigenvalue weighted by atomic mass is 32.2. The van der Waals surface area contributed by atoms with Gasteiger partial charge in [0.2, 0.25) is 0 Å². The number of rotatable bonds is 6. The zero-order valence-electron chi connectivity index (χ0n) is 18.5. The van der Waals surface area contributed by atoms with Gasteiger partial charge >= 0.3 is 0 Å². The summed E-state index contributed by atoms with van der Waals surface area (Å²) in [6.07, 6.45) is 2.78. The van der Waals surface area contributed by atoms with Gasteiger partial charge in [-0.25, -0.2) is 8.42 Å². The van der Waals surface area contributed by atoms with E-state index in [0.29, 0.717) is 17.9 Å². The maximum Gasteiger partial charge on any atom is 0.188 e. The Kier molecular flexibility index (Phi) is 7.53. The van der Waals surface area contributed by atoms with Crippen molar-refractivity contribution < 1.29 is 13.5 Å². The van der Waals surface area contributed by atoms with Gasteiger partial charge in [-0.15, -0.1) is 0 Å². The van der Waals surface area contributed by atoms with Gasteiger partial charge in [0.25, 0.3) is 0 Å². The van der Waals surface area contributed by atoms with Crippen LogP contribution in [0, 0.1) is 17.2 Å². The number of nitrogens with zero attached hydrogens (tertiary/aromatic N) is 1. The van der Waals surface area contributed by atoms with Crippen LogP contribution in [-0.2, 0) is 20.7 Å². The first kappa shape index (κ1) is 24.2. The molecule has 0 unspecified atom stereocenters. The summed E-state index contributed by atoms with van der Waals surface area (Å²) in [5, 5.41) is 20.3. The van der Waals surface area contributed by atoms with Crippen LogP contribution < -0.4 is 0 Å². The molecule has 0 fully saturated rings. The Morgan fingerprint density at radius 2 is 1.57 bits per heavy atom. The van der Waals surface area contributed by atoms with Crippen LogP contribution in [0.15, 0.2) is 17.0 Å². The molecule has 0 aromatic heterocycles.